The maximum atomic E-state index is 6.63. The number of rotatable bonds is 5. The quantitative estimate of drug-likeness (QED) is 0.876. The number of aryl methyl sites for hydroxylation is 2. The topological polar surface area (TPSA) is 35.2 Å². The Morgan fingerprint density at radius 3 is 2.33 bits per heavy atom. The zero-order valence-electron chi connectivity index (χ0n) is 13.4. The zero-order valence-corrected chi connectivity index (χ0v) is 13.4. The molecule has 0 aliphatic rings. The van der Waals surface area contributed by atoms with Gasteiger partial charge < -0.3 is 10.5 Å². The molecular formula is C19H25NO. The van der Waals surface area contributed by atoms with E-state index >= 15 is 0 Å². The van der Waals surface area contributed by atoms with Crippen LogP contribution in [-0.2, 0) is 0 Å². The van der Waals surface area contributed by atoms with Crippen LogP contribution in [0.2, 0.25) is 0 Å². The molecule has 2 N–H and O–H groups in total. The highest BCUT2D eigenvalue weighted by atomic mass is 16.5. The number of hydrogen-bond acceptors (Lipinski definition) is 2. The number of ether oxygens (including phenoxy) is 1. The van der Waals surface area contributed by atoms with E-state index in [1.54, 1.807) is 7.11 Å². The van der Waals surface area contributed by atoms with E-state index in [0.29, 0.717) is 5.92 Å². The van der Waals surface area contributed by atoms with Crippen LogP contribution in [0.3, 0.4) is 0 Å². The van der Waals surface area contributed by atoms with Crippen molar-refractivity contribution in [2.45, 2.75) is 39.2 Å². The molecule has 0 fully saturated rings. The minimum Gasteiger partial charge on any atom is -0.496 e. The molecule has 0 spiro atoms. The van der Waals surface area contributed by atoms with Crippen molar-refractivity contribution in [3.8, 4) is 5.75 Å². The van der Waals surface area contributed by atoms with Crippen LogP contribution in [0.5, 0.6) is 5.75 Å². The number of hydrogen-bond donors (Lipinski definition) is 1. The Morgan fingerprint density at radius 1 is 1.10 bits per heavy atom. The Bertz CT molecular complexity index is 592. The van der Waals surface area contributed by atoms with Gasteiger partial charge in [-0.2, -0.15) is 0 Å². The number of methoxy groups -OCH3 is 1. The molecule has 112 valence electrons. The van der Waals surface area contributed by atoms with Crippen molar-refractivity contribution < 1.29 is 4.74 Å². The Morgan fingerprint density at radius 2 is 1.76 bits per heavy atom. The second-order valence-electron chi connectivity index (χ2n) is 5.65. The second kappa shape index (κ2) is 6.77. The largest absolute Gasteiger partial charge is 0.496 e. The van der Waals surface area contributed by atoms with Gasteiger partial charge in [-0.15, -0.1) is 0 Å². The van der Waals surface area contributed by atoms with Crippen LogP contribution in [0.1, 0.15) is 47.6 Å². The highest BCUT2D eigenvalue weighted by Gasteiger charge is 2.24. The van der Waals surface area contributed by atoms with Crippen molar-refractivity contribution in [3.63, 3.8) is 0 Å². The summed E-state index contributed by atoms with van der Waals surface area (Å²) in [5.41, 5.74) is 11.4. The van der Waals surface area contributed by atoms with E-state index < -0.39 is 0 Å². The summed E-state index contributed by atoms with van der Waals surface area (Å²) in [6.07, 6.45) is 1.00. The summed E-state index contributed by atoms with van der Waals surface area (Å²) >= 11 is 0. The first-order chi connectivity index (χ1) is 10.1. The molecule has 0 saturated heterocycles. The summed E-state index contributed by atoms with van der Waals surface area (Å²) in [6, 6.07) is 14.7. The van der Waals surface area contributed by atoms with Gasteiger partial charge in [-0.1, -0.05) is 43.3 Å². The predicted octanol–water partition coefficient (Wildman–Crippen LogP) is 4.51. The molecule has 0 heterocycles. The lowest BCUT2D eigenvalue weighted by Gasteiger charge is -2.27. The first-order valence-electron chi connectivity index (χ1n) is 7.54. The van der Waals surface area contributed by atoms with Crippen molar-refractivity contribution in [3.05, 3.63) is 64.7 Å². The molecule has 21 heavy (non-hydrogen) atoms. The van der Waals surface area contributed by atoms with Gasteiger partial charge in [0.05, 0.1) is 7.11 Å². The van der Waals surface area contributed by atoms with Crippen LogP contribution in [0.4, 0.5) is 0 Å². The third-order valence-electron chi connectivity index (χ3n) is 4.15. The molecule has 0 amide bonds. The van der Waals surface area contributed by atoms with E-state index in [4.69, 9.17) is 10.5 Å². The van der Waals surface area contributed by atoms with Gasteiger partial charge in [-0.3, -0.25) is 0 Å². The van der Waals surface area contributed by atoms with E-state index in [2.05, 4.69) is 57.2 Å². The molecule has 0 aliphatic carbocycles. The van der Waals surface area contributed by atoms with Crippen molar-refractivity contribution in [1.82, 2.24) is 0 Å². The van der Waals surface area contributed by atoms with Gasteiger partial charge in [0.15, 0.2) is 0 Å². The summed E-state index contributed by atoms with van der Waals surface area (Å²) < 4.78 is 5.58. The average molecular weight is 283 g/mol. The predicted molar refractivity (Wildman–Crippen MR) is 88.9 cm³/mol. The van der Waals surface area contributed by atoms with Crippen molar-refractivity contribution in [2.75, 3.05) is 7.11 Å². The summed E-state index contributed by atoms with van der Waals surface area (Å²) in [4.78, 5) is 0. The highest BCUT2D eigenvalue weighted by molar-refractivity contribution is 5.46. The van der Waals surface area contributed by atoms with E-state index in [9.17, 15) is 0 Å². The third kappa shape index (κ3) is 3.27. The average Bonchev–Trinajstić information content (AvgIpc) is 2.48. The Balaban J connectivity index is 2.45. The van der Waals surface area contributed by atoms with E-state index in [1.165, 1.54) is 16.7 Å². The van der Waals surface area contributed by atoms with Crippen molar-refractivity contribution >= 4 is 0 Å². The van der Waals surface area contributed by atoms with E-state index in [1.807, 2.05) is 6.07 Å². The fraction of sp³-hybridized carbons (Fsp3) is 0.368. The van der Waals surface area contributed by atoms with Gasteiger partial charge in [0.2, 0.25) is 0 Å². The normalized spacial score (nSPS) is 13.8. The monoisotopic (exact) mass is 283 g/mol. The van der Waals surface area contributed by atoms with E-state index in [0.717, 1.165) is 17.7 Å². The van der Waals surface area contributed by atoms with Crippen LogP contribution in [0, 0.1) is 13.8 Å². The zero-order chi connectivity index (χ0) is 15.4. The Hall–Kier alpha value is -1.80. The maximum absolute atomic E-state index is 6.63. The van der Waals surface area contributed by atoms with Gasteiger partial charge >= 0.3 is 0 Å². The first-order valence-corrected chi connectivity index (χ1v) is 7.54. The van der Waals surface area contributed by atoms with Crippen molar-refractivity contribution in [1.29, 1.82) is 0 Å². The van der Waals surface area contributed by atoms with E-state index in [-0.39, 0.29) is 6.04 Å². The van der Waals surface area contributed by atoms with Crippen LogP contribution < -0.4 is 10.5 Å². The SMILES string of the molecule is CCC(c1ccccc1)C(N)c1c(C)cc(C)cc1OC. The highest BCUT2D eigenvalue weighted by Crippen LogP contribution is 2.38. The first kappa shape index (κ1) is 15.6. The molecule has 2 aromatic carbocycles. The minimum absolute atomic E-state index is 0.0621. The standard InChI is InChI=1S/C19H25NO/c1-5-16(15-9-7-6-8-10-15)19(20)18-14(3)11-13(2)12-17(18)21-4/h6-12,16,19H,5,20H2,1-4H3. The van der Waals surface area contributed by atoms with Gasteiger partial charge in [-0.05, 0) is 43.0 Å². The van der Waals surface area contributed by atoms with Crippen molar-refractivity contribution in [2.24, 2.45) is 5.73 Å². The molecule has 2 atom stereocenters. The Kier molecular flexibility index (Phi) is 5.03. The summed E-state index contributed by atoms with van der Waals surface area (Å²) in [5.74, 6) is 1.19. The Labute approximate surface area is 127 Å². The molecule has 0 radical (unpaired) electrons. The fourth-order valence-corrected chi connectivity index (χ4v) is 3.13. The minimum atomic E-state index is -0.0621. The lowest BCUT2D eigenvalue weighted by Crippen LogP contribution is -2.21. The summed E-state index contributed by atoms with van der Waals surface area (Å²) in [6.45, 7) is 6.38. The molecule has 2 heteroatoms. The van der Waals surface area contributed by atoms with Gasteiger partial charge in [0, 0.05) is 17.5 Å². The molecule has 2 unspecified atom stereocenters. The number of nitrogens with two attached hydrogens (primary N) is 1. The lowest BCUT2D eigenvalue weighted by molar-refractivity contribution is 0.398. The number of benzene rings is 2. The molecule has 2 aromatic rings. The molecular weight excluding hydrogens is 258 g/mol. The van der Waals surface area contributed by atoms with Crippen LogP contribution >= 0.6 is 0 Å². The summed E-state index contributed by atoms with van der Waals surface area (Å²) in [5, 5.41) is 0. The molecule has 2 nitrogen and oxygen atoms in total. The third-order valence-corrected chi connectivity index (χ3v) is 4.15. The van der Waals surface area contributed by atoms with Gasteiger partial charge in [-0.25, -0.2) is 0 Å². The van der Waals surface area contributed by atoms with Gasteiger partial charge in [0.25, 0.3) is 0 Å². The second-order valence-corrected chi connectivity index (χ2v) is 5.65. The van der Waals surface area contributed by atoms with Gasteiger partial charge in [0.1, 0.15) is 5.75 Å². The van der Waals surface area contributed by atoms with Crippen LogP contribution in [-0.4, -0.2) is 7.11 Å². The molecule has 0 aromatic heterocycles. The molecule has 0 saturated carbocycles. The van der Waals surface area contributed by atoms with Crippen LogP contribution in [0.25, 0.3) is 0 Å². The maximum Gasteiger partial charge on any atom is 0.124 e. The fourth-order valence-electron chi connectivity index (χ4n) is 3.13. The molecule has 0 aliphatic heterocycles. The smallest absolute Gasteiger partial charge is 0.124 e. The molecule has 0 bridgehead atoms. The summed E-state index contributed by atoms with van der Waals surface area (Å²) in [7, 11) is 1.72. The molecule has 2 rings (SSSR count). The van der Waals surface area contributed by atoms with Crippen LogP contribution in [0.15, 0.2) is 42.5 Å². The lowest BCUT2D eigenvalue weighted by atomic mass is 9.83.